The fraction of sp³-hybridized carbons (Fsp3) is 0.914. The Bertz CT molecular complexity index is 1180. The molecule has 0 amide bonds. The monoisotopic (exact) mass is 586 g/mol. The first-order valence-electron chi connectivity index (χ1n) is 16.8. The number of carboxylic acids is 1. The topological polar surface area (TPSA) is 116 Å². The van der Waals surface area contributed by atoms with E-state index in [4.69, 9.17) is 9.47 Å². The zero-order chi connectivity index (χ0) is 30.3. The van der Waals surface area contributed by atoms with Crippen molar-refractivity contribution in [3.05, 3.63) is 11.6 Å². The van der Waals surface area contributed by atoms with Crippen molar-refractivity contribution in [2.45, 2.75) is 142 Å². The molecule has 5 unspecified atom stereocenters. The number of hydrogen-bond donors (Lipinski definition) is 4. The van der Waals surface area contributed by atoms with Gasteiger partial charge in [-0.05, 0) is 111 Å². The highest BCUT2D eigenvalue weighted by Crippen LogP contribution is 2.76. The van der Waals surface area contributed by atoms with Gasteiger partial charge in [-0.2, -0.15) is 0 Å². The molecule has 4 N–H and O–H groups in total. The second kappa shape index (κ2) is 9.05. The van der Waals surface area contributed by atoms with Crippen LogP contribution >= 0.6 is 0 Å². The van der Waals surface area contributed by atoms with E-state index in [1.807, 2.05) is 0 Å². The predicted molar refractivity (Wildman–Crippen MR) is 157 cm³/mol. The molecule has 6 fully saturated rings. The van der Waals surface area contributed by atoms with Crippen molar-refractivity contribution in [1.29, 1.82) is 0 Å². The Balaban J connectivity index is 1.19. The van der Waals surface area contributed by atoms with Crippen molar-refractivity contribution < 1.29 is 34.7 Å². The maximum absolute atomic E-state index is 12.9. The second-order valence-electron chi connectivity index (χ2n) is 17.4. The number of aliphatic hydroxyl groups is 3. The zero-order valence-corrected chi connectivity index (χ0v) is 26.6. The third-order valence-corrected chi connectivity index (χ3v) is 15.4. The molecule has 7 nitrogen and oxygen atoms in total. The Morgan fingerprint density at radius 1 is 0.857 bits per heavy atom. The molecule has 4 saturated carbocycles. The molecule has 2 aliphatic heterocycles. The van der Waals surface area contributed by atoms with Crippen molar-refractivity contribution in [1.82, 2.24) is 0 Å². The lowest BCUT2D eigenvalue weighted by atomic mass is 9.33. The smallest absolute Gasteiger partial charge is 0.310 e. The molecule has 0 aromatic heterocycles. The molecule has 7 aliphatic rings. The number of allylic oxidation sites excluding steroid dienone is 2. The van der Waals surface area contributed by atoms with Gasteiger partial charge in [-0.1, -0.05) is 46.3 Å². The van der Waals surface area contributed by atoms with Gasteiger partial charge in [0.25, 0.3) is 0 Å². The van der Waals surface area contributed by atoms with Crippen LogP contribution in [0.5, 0.6) is 0 Å². The highest BCUT2D eigenvalue weighted by molar-refractivity contribution is 5.76. The number of aliphatic carboxylic acids is 1. The van der Waals surface area contributed by atoms with Gasteiger partial charge in [0.1, 0.15) is 24.4 Å². The Hall–Kier alpha value is -0.990. The number of ether oxygens (including phenoxy) is 2. The third kappa shape index (κ3) is 3.55. The van der Waals surface area contributed by atoms with Crippen LogP contribution in [-0.2, 0) is 14.3 Å². The number of rotatable bonds is 2. The first kappa shape index (κ1) is 29.7. The molecule has 7 heteroatoms. The molecule has 14 atom stereocenters. The van der Waals surface area contributed by atoms with Gasteiger partial charge in [-0.15, -0.1) is 0 Å². The molecular formula is C35H54O7. The van der Waals surface area contributed by atoms with Crippen molar-refractivity contribution in [2.24, 2.45) is 50.7 Å². The van der Waals surface area contributed by atoms with E-state index in [0.717, 1.165) is 64.2 Å². The lowest BCUT2D eigenvalue weighted by Crippen LogP contribution is -2.75. The third-order valence-electron chi connectivity index (χ3n) is 15.4. The summed E-state index contributed by atoms with van der Waals surface area (Å²) < 4.78 is 12.6. The molecular weight excluding hydrogens is 532 g/mol. The molecule has 236 valence electrons. The molecule has 0 bridgehead atoms. The minimum Gasteiger partial charge on any atom is -0.481 e. The van der Waals surface area contributed by atoms with Crippen LogP contribution < -0.4 is 0 Å². The molecule has 0 aromatic rings. The fourth-order valence-corrected chi connectivity index (χ4v) is 12.7. The van der Waals surface area contributed by atoms with Gasteiger partial charge in [0.15, 0.2) is 0 Å². The van der Waals surface area contributed by atoms with Crippen LogP contribution in [0.15, 0.2) is 11.6 Å². The molecule has 2 heterocycles. The number of carboxylic acid groups (broad SMARTS) is 1. The first-order chi connectivity index (χ1) is 19.5. The van der Waals surface area contributed by atoms with Gasteiger partial charge in [0.05, 0.1) is 23.7 Å². The highest BCUT2D eigenvalue weighted by Gasteiger charge is 2.73. The van der Waals surface area contributed by atoms with E-state index in [1.165, 1.54) is 5.57 Å². The Morgan fingerprint density at radius 2 is 1.57 bits per heavy atom. The maximum Gasteiger partial charge on any atom is 0.310 e. The molecule has 0 aromatic carbocycles. The molecule has 7 rings (SSSR count). The molecule has 0 spiro atoms. The Kier molecular flexibility index (Phi) is 6.40. The van der Waals surface area contributed by atoms with Crippen LogP contribution in [-0.4, -0.2) is 69.1 Å². The van der Waals surface area contributed by atoms with Crippen LogP contribution in [0.4, 0.5) is 0 Å². The Labute approximate surface area is 251 Å². The van der Waals surface area contributed by atoms with Crippen LogP contribution in [0.1, 0.15) is 106 Å². The normalized spacial score (nSPS) is 58.1. The van der Waals surface area contributed by atoms with Gasteiger partial charge < -0.3 is 29.9 Å². The quantitative estimate of drug-likeness (QED) is 0.333. The van der Waals surface area contributed by atoms with Crippen molar-refractivity contribution in [3.8, 4) is 0 Å². The number of hydrogen-bond acceptors (Lipinski definition) is 6. The molecule has 5 aliphatic carbocycles. The second-order valence-corrected chi connectivity index (χ2v) is 17.4. The van der Waals surface area contributed by atoms with E-state index < -0.39 is 35.8 Å². The standard InChI is InChI=1S/C35H54O7/c1-30(2)13-15-35(29(39)40)16-14-32(4)19(21(35)17-30)7-8-23-31(3)11-9-20-27(28-26(38)25(37)22(36)18-41-28)42-34(20,6)24(31)10-12-33(23,32)5/h7,20-28,36-38H,8-18H2,1-6H3,(H,39,40)/t20-,21?,22-,23?,24?,25?,26?,27-,28-,31-,32-,33-,34-,35+/m1/s1. The molecule has 2 saturated heterocycles. The highest BCUT2D eigenvalue weighted by atomic mass is 16.6. The lowest BCUT2D eigenvalue weighted by Gasteiger charge is -2.74. The summed E-state index contributed by atoms with van der Waals surface area (Å²) in [5, 5.41) is 41.6. The number of aliphatic hydroxyl groups excluding tert-OH is 3. The Morgan fingerprint density at radius 3 is 2.29 bits per heavy atom. The predicted octanol–water partition coefficient (Wildman–Crippen LogP) is 5.10. The largest absolute Gasteiger partial charge is 0.481 e. The summed E-state index contributed by atoms with van der Waals surface area (Å²) in [6.45, 7) is 14.5. The van der Waals surface area contributed by atoms with E-state index in [0.29, 0.717) is 11.8 Å². The van der Waals surface area contributed by atoms with E-state index in [1.54, 1.807) is 0 Å². The molecule has 42 heavy (non-hydrogen) atoms. The van der Waals surface area contributed by atoms with Crippen LogP contribution in [0.2, 0.25) is 0 Å². The van der Waals surface area contributed by atoms with Crippen molar-refractivity contribution in [3.63, 3.8) is 0 Å². The van der Waals surface area contributed by atoms with Gasteiger partial charge in [-0.3, -0.25) is 4.79 Å². The summed E-state index contributed by atoms with van der Waals surface area (Å²) in [6.07, 6.45) is 8.02. The average molecular weight is 587 g/mol. The van der Waals surface area contributed by atoms with Crippen LogP contribution in [0, 0.1) is 50.7 Å². The zero-order valence-electron chi connectivity index (χ0n) is 26.6. The summed E-state index contributed by atoms with van der Waals surface area (Å²) >= 11 is 0. The maximum atomic E-state index is 12.9. The summed E-state index contributed by atoms with van der Waals surface area (Å²) in [4.78, 5) is 12.9. The average Bonchev–Trinajstić information content (AvgIpc) is 2.90. The van der Waals surface area contributed by atoms with Crippen LogP contribution in [0.25, 0.3) is 0 Å². The summed E-state index contributed by atoms with van der Waals surface area (Å²) in [6, 6.07) is 0. The van der Waals surface area contributed by atoms with E-state index in [9.17, 15) is 25.2 Å². The van der Waals surface area contributed by atoms with Gasteiger partial charge in [0, 0.05) is 5.92 Å². The van der Waals surface area contributed by atoms with Crippen molar-refractivity contribution in [2.75, 3.05) is 6.61 Å². The number of fused-ring (bicyclic) bond motifs is 9. The van der Waals surface area contributed by atoms with E-state index in [2.05, 4.69) is 47.6 Å². The van der Waals surface area contributed by atoms with Crippen LogP contribution in [0.3, 0.4) is 0 Å². The summed E-state index contributed by atoms with van der Waals surface area (Å²) in [5.41, 5.74) is 0.923. The molecule has 0 radical (unpaired) electrons. The SMILES string of the molecule is CC1(C)CC[C@]2(C(=O)O)CC[C@]3(C)C(=CCC4[C@@]5(C)CC[C@@H]6[C@H]([C@@H]7OC[C@@H](O)C(O)C7O)O[C@@]6(C)C5CC[C@]43C)C2C1. The lowest BCUT2D eigenvalue weighted by molar-refractivity contribution is -0.367. The fourth-order valence-electron chi connectivity index (χ4n) is 12.7. The van der Waals surface area contributed by atoms with Gasteiger partial charge >= 0.3 is 5.97 Å². The first-order valence-corrected chi connectivity index (χ1v) is 16.8. The minimum absolute atomic E-state index is 0.00128. The minimum atomic E-state index is -1.21. The van der Waals surface area contributed by atoms with Gasteiger partial charge in [-0.25, -0.2) is 0 Å². The number of carbonyl (C=O) groups is 1. The van der Waals surface area contributed by atoms with E-state index >= 15 is 0 Å². The van der Waals surface area contributed by atoms with Crippen molar-refractivity contribution >= 4 is 5.97 Å². The summed E-state index contributed by atoms with van der Waals surface area (Å²) in [7, 11) is 0. The summed E-state index contributed by atoms with van der Waals surface area (Å²) in [5.74, 6) is 0.692. The van der Waals surface area contributed by atoms with Gasteiger partial charge in [0.2, 0.25) is 0 Å². The van der Waals surface area contributed by atoms with E-state index in [-0.39, 0.29) is 51.8 Å².